The number of halogens is 1. The van der Waals surface area contributed by atoms with Crippen LogP contribution in [0.15, 0.2) is 23.1 Å². The van der Waals surface area contributed by atoms with Crippen LogP contribution in [0.3, 0.4) is 0 Å². The van der Waals surface area contributed by atoms with Gasteiger partial charge in [-0.1, -0.05) is 24.9 Å². The molecule has 0 amide bonds. The summed E-state index contributed by atoms with van der Waals surface area (Å²) in [6.07, 6.45) is 0.738. The van der Waals surface area contributed by atoms with Crippen LogP contribution in [-0.4, -0.2) is 25.5 Å². The third-order valence-corrected chi connectivity index (χ3v) is 4.73. The maximum absolute atomic E-state index is 12.2. The Morgan fingerprint density at radius 2 is 2.19 bits per heavy atom. The Hall–Kier alpha value is -1.62. The fraction of sp³-hybridized carbons (Fsp3) is 0.385. The molecule has 0 bridgehead atoms. The summed E-state index contributed by atoms with van der Waals surface area (Å²) in [4.78, 5) is 10.6. The zero-order chi connectivity index (χ0) is 16.0. The normalized spacial score (nSPS) is 12.6. The smallest absolute Gasteiger partial charge is 0.304 e. The number of benzene rings is 1. The van der Waals surface area contributed by atoms with E-state index in [0.717, 1.165) is 0 Å². The molecule has 0 spiro atoms. The summed E-state index contributed by atoms with van der Waals surface area (Å²) in [6, 6.07) is 4.97. The van der Waals surface area contributed by atoms with Crippen LogP contribution in [0.1, 0.15) is 31.7 Å². The first kappa shape index (κ1) is 17.4. The van der Waals surface area contributed by atoms with Gasteiger partial charge in [0.15, 0.2) is 0 Å². The molecule has 0 aliphatic carbocycles. The summed E-state index contributed by atoms with van der Waals surface area (Å²) in [6.45, 7) is 1.83. The van der Waals surface area contributed by atoms with E-state index >= 15 is 0 Å². The van der Waals surface area contributed by atoms with Crippen LogP contribution in [0.5, 0.6) is 0 Å². The fourth-order valence-electron chi connectivity index (χ4n) is 1.83. The first-order chi connectivity index (χ1) is 9.80. The van der Waals surface area contributed by atoms with E-state index in [2.05, 4.69) is 4.72 Å². The second-order valence-electron chi connectivity index (χ2n) is 4.46. The molecule has 0 aliphatic rings. The van der Waals surface area contributed by atoms with Crippen molar-refractivity contribution in [1.29, 1.82) is 5.26 Å². The number of nitrogens with zero attached hydrogens (tertiary/aromatic N) is 1. The van der Waals surface area contributed by atoms with Gasteiger partial charge >= 0.3 is 5.97 Å². The molecule has 114 valence electrons. The maximum atomic E-state index is 12.2. The Balaban J connectivity index is 3.04. The molecule has 0 saturated carbocycles. The van der Waals surface area contributed by atoms with E-state index in [4.69, 9.17) is 22.0 Å². The van der Waals surface area contributed by atoms with Crippen molar-refractivity contribution in [3.05, 3.63) is 28.8 Å². The minimum absolute atomic E-state index is 0.0767. The second-order valence-corrected chi connectivity index (χ2v) is 6.55. The number of sulfonamides is 1. The standard InChI is InChI=1S/C13H15ClN2O4S/c1-2-3-10(7-13(17)18)16-21(19,20)12-5-4-9(8-15)6-11(12)14/h4-6,10,16H,2-3,7H2,1H3,(H,17,18). The fourth-order valence-corrected chi connectivity index (χ4v) is 3.65. The lowest BCUT2D eigenvalue weighted by atomic mass is 10.1. The zero-order valence-corrected chi connectivity index (χ0v) is 12.9. The minimum atomic E-state index is -3.94. The lowest BCUT2D eigenvalue weighted by Crippen LogP contribution is -2.36. The average molecular weight is 331 g/mol. The third-order valence-electron chi connectivity index (χ3n) is 2.73. The van der Waals surface area contributed by atoms with Gasteiger partial charge in [-0.25, -0.2) is 13.1 Å². The van der Waals surface area contributed by atoms with E-state index in [-0.39, 0.29) is 21.9 Å². The highest BCUT2D eigenvalue weighted by Crippen LogP contribution is 2.23. The molecule has 2 N–H and O–H groups in total. The van der Waals surface area contributed by atoms with Crippen molar-refractivity contribution in [2.24, 2.45) is 0 Å². The Morgan fingerprint density at radius 3 is 2.67 bits per heavy atom. The molecule has 0 aromatic heterocycles. The van der Waals surface area contributed by atoms with Crippen molar-refractivity contribution < 1.29 is 18.3 Å². The highest BCUT2D eigenvalue weighted by atomic mass is 35.5. The summed E-state index contributed by atoms with van der Waals surface area (Å²) >= 11 is 5.87. The summed E-state index contributed by atoms with van der Waals surface area (Å²) < 4.78 is 26.8. The number of nitrogens with one attached hydrogen (secondary N) is 1. The van der Waals surface area contributed by atoms with Crippen molar-refractivity contribution in [2.45, 2.75) is 37.1 Å². The number of aliphatic carboxylic acids is 1. The molecule has 0 aliphatic heterocycles. The van der Waals surface area contributed by atoms with Gasteiger partial charge in [-0.05, 0) is 24.6 Å². The van der Waals surface area contributed by atoms with E-state index in [1.165, 1.54) is 18.2 Å². The molecule has 6 nitrogen and oxygen atoms in total. The van der Waals surface area contributed by atoms with Gasteiger partial charge in [0.25, 0.3) is 0 Å². The molecule has 1 aromatic carbocycles. The summed E-state index contributed by atoms with van der Waals surface area (Å²) in [5.41, 5.74) is 0.245. The topological polar surface area (TPSA) is 107 Å². The first-order valence-electron chi connectivity index (χ1n) is 6.24. The quantitative estimate of drug-likeness (QED) is 0.796. The van der Waals surface area contributed by atoms with Crippen LogP contribution < -0.4 is 4.72 Å². The van der Waals surface area contributed by atoms with Crippen molar-refractivity contribution in [3.8, 4) is 6.07 Å². The SMILES string of the molecule is CCCC(CC(=O)O)NS(=O)(=O)c1ccc(C#N)cc1Cl. The van der Waals surface area contributed by atoms with Gasteiger partial charge in [-0.15, -0.1) is 0 Å². The van der Waals surface area contributed by atoms with Crippen LogP contribution in [0.4, 0.5) is 0 Å². The van der Waals surface area contributed by atoms with Crippen molar-refractivity contribution in [3.63, 3.8) is 0 Å². The van der Waals surface area contributed by atoms with Crippen LogP contribution in [0.25, 0.3) is 0 Å². The molecular formula is C13H15ClN2O4S. The molecule has 0 fully saturated rings. The number of carboxylic acids is 1. The van der Waals surface area contributed by atoms with E-state index in [0.29, 0.717) is 12.8 Å². The lowest BCUT2D eigenvalue weighted by Gasteiger charge is -2.16. The molecule has 21 heavy (non-hydrogen) atoms. The Morgan fingerprint density at radius 1 is 1.52 bits per heavy atom. The number of rotatable bonds is 7. The van der Waals surface area contributed by atoms with Gasteiger partial charge in [-0.3, -0.25) is 4.79 Å². The lowest BCUT2D eigenvalue weighted by molar-refractivity contribution is -0.137. The highest BCUT2D eigenvalue weighted by molar-refractivity contribution is 7.89. The van der Waals surface area contributed by atoms with Crippen molar-refractivity contribution >= 4 is 27.6 Å². The highest BCUT2D eigenvalue weighted by Gasteiger charge is 2.23. The molecule has 0 saturated heterocycles. The molecule has 8 heteroatoms. The predicted octanol–water partition coefficient (Wildman–Crippen LogP) is 2.13. The monoisotopic (exact) mass is 330 g/mol. The molecule has 1 atom stereocenters. The number of hydrogen-bond donors (Lipinski definition) is 2. The average Bonchev–Trinajstić information content (AvgIpc) is 2.37. The van der Waals surface area contributed by atoms with Gasteiger partial charge in [0, 0.05) is 6.04 Å². The number of carbonyl (C=O) groups is 1. The van der Waals surface area contributed by atoms with Crippen LogP contribution in [-0.2, 0) is 14.8 Å². The molecule has 0 radical (unpaired) electrons. The van der Waals surface area contributed by atoms with Gasteiger partial charge in [0.2, 0.25) is 10.0 Å². The van der Waals surface area contributed by atoms with Crippen LogP contribution in [0, 0.1) is 11.3 Å². The van der Waals surface area contributed by atoms with Crippen molar-refractivity contribution in [1.82, 2.24) is 4.72 Å². The number of nitriles is 1. The minimum Gasteiger partial charge on any atom is -0.481 e. The third kappa shape index (κ3) is 5.01. The van der Waals surface area contributed by atoms with Crippen molar-refractivity contribution in [2.75, 3.05) is 0 Å². The first-order valence-corrected chi connectivity index (χ1v) is 8.10. The Labute approximate surface area is 128 Å². The maximum Gasteiger partial charge on any atom is 0.304 e. The van der Waals surface area contributed by atoms with Gasteiger partial charge in [0.1, 0.15) is 4.90 Å². The Bertz CT molecular complexity index is 667. The van der Waals surface area contributed by atoms with Crippen LogP contribution >= 0.6 is 11.6 Å². The summed E-state index contributed by atoms with van der Waals surface area (Å²) in [5.74, 6) is -1.08. The summed E-state index contributed by atoms with van der Waals surface area (Å²) in [5, 5.41) is 17.5. The molecule has 1 aromatic rings. The van der Waals surface area contributed by atoms with E-state index in [9.17, 15) is 13.2 Å². The van der Waals surface area contributed by atoms with Crippen LogP contribution in [0.2, 0.25) is 5.02 Å². The molecular weight excluding hydrogens is 316 g/mol. The Kier molecular flexibility index (Phi) is 6.15. The van der Waals surface area contributed by atoms with Gasteiger partial charge in [-0.2, -0.15) is 5.26 Å². The van der Waals surface area contributed by atoms with Gasteiger partial charge in [0.05, 0.1) is 23.1 Å². The molecule has 1 unspecified atom stereocenters. The molecule has 0 heterocycles. The van der Waals surface area contributed by atoms with Gasteiger partial charge < -0.3 is 5.11 Å². The van der Waals surface area contributed by atoms with E-state index < -0.39 is 22.0 Å². The van der Waals surface area contributed by atoms with E-state index in [1.807, 2.05) is 13.0 Å². The predicted molar refractivity (Wildman–Crippen MR) is 77.4 cm³/mol. The number of hydrogen-bond acceptors (Lipinski definition) is 4. The summed E-state index contributed by atoms with van der Waals surface area (Å²) in [7, 11) is -3.94. The molecule has 1 rings (SSSR count). The largest absolute Gasteiger partial charge is 0.481 e. The van der Waals surface area contributed by atoms with E-state index in [1.54, 1.807) is 0 Å². The second kappa shape index (κ2) is 7.41. The number of carboxylic acid groups (broad SMARTS) is 1. The zero-order valence-electron chi connectivity index (χ0n) is 11.3.